The summed E-state index contributed by atoms with van der Waals surface area (Å²) < 4.78 is 27.3. The number of hydrogen-bond acceptors (Lipinski definition) is 7. The Kier molecular flexibility index (Phi) is 5.07. The number of aromatic nitrogens is 5. The zero-order valence-electron chi connectivity index (χ0n) is 18.5. The van der Waals surface area contributed by atoms with E-state index in [-0.39, 0.29) is 24.4 Å². The Morgan fingerprint density at radius 3 is 2.70 bits per heavy atom. The van der Waals surface area contributed by atoms with Gasteiger partial charge in [-0.2, -0.15) is 10.1 Å². The highest BCUT2D eigenvalue weighted by Crippen LogP contribution is 2.34. The number of nitrogens with zero attached hydrogens (tertiary/aromatic N) is 6. The van der Waals surface area contributed by atoms with Crippen molar-refractivity contribution in [2.75, 3.05) is 13.1 Å². The molecule has 4 aromatic rings. The molecule has 1 amide bonds. The maximum Gasteiger partial charge on any atom is 0.410 e. The molecule has 9 nitrogen and oxygen atoms in total. The molecule has 33 heavy (non-hydrogen) atoms. The molecule has 10 heteroatoms. The van der Waals surface area contributed by atoms with E-state index in [1.807, 2.05) is 20.8 Å². The number of rotatable bonds is 4. The highest BCUT2D eigenvalue weighted by molar-refractivity contribution is 5.84. The SMILES string of the molecule is CC(C)(C)OC(=O)N1CC(c2nn(Cc3nc(-c4ccncc4)no3)c3cccc(F)c23)C1. The number of likely N-dealkylation sites (tertiary alicyclic amines) is 1. The van der Waals surface area contributed by atoms with E-state index >= 15 is 0 Å². The van der Waals surface area contributed by atoms with Crippen molar-refractivity contribution < 1.29 is 18.4 Å². The molecule has 0 spiro atoms. The molecule has 170 valence electrons. The molecule has 3 aromatic heterocycles. The van der Waals surface area contributed by atoms with E-state index in [0.29, 0.717) is 41.4 Å². The maximum atomic E-state index is 14.8. The maximum absolute atomic E-state index is 14.8. The fraction of sp³-hybridized carbons (Fsp3) is 0.348. The first-order valence-electron chi connectivity index (χ1n) is 10.6. The van der Waals surface area contributed by atoms with E-state index in [4.69, 9.17) is 9.26 Å². The summed E-state index contributed by atoms with van der Waals surface area (Å²) >= 11 is 0. The molecule has 1 saturated heterocycles. The molecule has 0 atom stereocenters. The second-order valence-corrected chi connectivity index (χ2v) is 9.01. The Balaban J connectivity index is 1.39. The molecule has 1 aliphatic rings. The molecule has 0 saturated carbocycles. The largest absolute Gasteiger partial charge is 0.444 e. The summed E-state index contributed by atoms with van der Waals surface area (Å²) in [5.74, 6) is 0.356. The number of fused-ring (bicyclic) bond motifs is 1. The predicted molar refractivity (Wildman–Crippen MR) is 117 cm³/mol. The molecule has 1 aliphatic heterocycles. The van der Waals surface area contributed by atoms with Crippen molar-refractivity contribution in [3.8, 4) is 11.4 Å². The van der Waals surface area contributed by atoms with Crippen molar-refractivity contribution in [1.29, 1.82) is 0 Å². The van der Waals surface area contributed by atoms with Gasteiger partial charge in [0, 0.05) is 37.0 Å². The van der Waals surface area contributed by atoms with Gasteiger partial charge in [-0.25, -0.2) is 9.18 Å². The summed E-state index contributed by atoms with van der Waals surface area (Å²) in [6.07, 6.45) is 2.93. The quantitative estimate of drug-likeness (QED) is 0.463. The van der Waals surface area contributed by atoms with Gasteiger partial charge in [-0.3, -0.25) is 9.67 Å². The Morgan fingerprint density at radius 2 is 1.97 bits per heavy atom. The summed E-state index contributed by atoms with van der Waals surface area (Å²) in [7, 11) is 0. The van der Waals surface area contributed by atoms with Gasteiger partial charge in [0.15, 0.2) is 0 Å². The average Bonchev–Trinajstić information content (AvgIpc) is 3.33. The summed E-state index contributed by atoms with van der Waals surface area (Å²) in [4.78, 5) is 22.3. The number of carbonyl (C=O) groups excluding carboxylic acids is 1. The van der Waals surface area contributed by atoms with Crippen LogP contribution in [0.15, 0.2) is 47.2 Å². The standard InChI is InChI=1S/C23H23FN6O3/c1-23(2,3)32-22(31)29-11-15(12-29)20-19-16(24)5-4-6-17(19)30(27-20)13-18-26-21(28-33-18)14-7-9-25-10-8-14/h4-10,15H,11-13H2,1-3H3. The summed E-state index contributed by atoms with van der Waals surface area (Å²) in [5, 5.41) is 9.14. The highest BCUT2D eigenvalue weighted by atomic mass is 19.1. The average molecular weight is 450 g/mol. The number of halogens is 1. The van der Waals surface area contributed by atoms with Crippen molar-refractivity contribution >= 4 is 17.0 Å². The Labute approximate surface area is 189 Å². The number of amides is 1. The number of ether oxygens (including phenoxy) is 1. The van der Waals surface area contributed by atoms with E-state index in [2.05, 4.69) is 20.2 Å². The second kappa shape index (κ2) is 7.95. The van der Waals surface area contributed by atoms with Gasteiger partial charge >= 0.3 is 6.09 Å². The van der Waals surface area contributed by atoms with Crippen LogP contribution in [0.3, 0.4) is 0 Å². The molecule has 0 N–H and O–H groups in total. The summed E-state index contributed by atoms with van der Waals surface area (Å²) in [6.45, 7) is 6.50. The summed E-state index contributed by atoms with van der Waals surface area (Å²) in [5.41, 5.74) is 1.46. The fourth-order valence-electron chi connectivity index (χ4n) is 3.81. The Hall–Kier alpha value is -3.82. The first-order chi connectivity index (χ1) is 15.8. The minimum Gasteiger partial charge on any atom is -0.444 e. The third-order valence-corrected chi connectivity index (χ3v) is 5.37. The number of benzene rings is 1. The summed E-state index contributed by atoms with van der Waals surface area (Å²) in [6, 6.07) is 8.44. The number of hydrogen-bond donors (Lipinski definition) is 0. The number of pyridine rings is 1. The molecule has 0 bridgehead atoms. The van der Waals surface area contributed by atoms with E-state index in [1.54, 1.807) is 46.2 Å². The van der Waals surface area contributed by atoms with Crippen molar-refractivity contribution in [1.82, 2.24) is 29.8 Å². The van der Waals surface area contributed by atoms with Gasteiger partial charge in [-0.1, -0.05) is 11.2 Å². The van der Waals surface area contributed by atoms with Crippen LogP contribution in [0.25, 0.3) is 22.3 Å². The molecular formula is C23H23FN6O3. The molecule has 0 radical (unpaired) electrons. The van der Waals surface area contributed by atoms with Crippen LogP contribution in [0.1, 0.15) is 38.3 Å². The zero-order chi connectivity index (χ0) is 23.2. The van der Waals surface area contributed by atoms with Crippen LogP contribution in [0.5, 0.6) is 0 Å². The van der Waals surface area contributed by atoms with Crippen molar-refractivity contribution in [2.45, 2.75) is 38.8 Å². The molecule has 5 rings (SSSR count). The fourth-order valence-corrected chi connectivity index (χ4v) is 3.81. The van der Waals surface area contributed by atoms with Gasteiger partial charge in [-0.15, -0.1) is 0 Å². The normalized spacial score (nSPS) is 14.5. The lowest BCUT2D eigenvalue weighted by Gasteiger charge is -2.39. The van der Waals surface area contributed by atoms with Crippen molar-refractivity contribution in [2.24, 2.45) is 0 Å². The number of carbonyl (C=O) groups is 1. The lowest BCUT2D eigenvalue weighted by Crippen LogP contribution is -2.50. The molecule has 0 aliphatic carbocycles. The highest BCUT2D eigenvalue weighted by Gasteiger charge is 2.37. The lowest BCUT2D eigenvalue weighted by atomic mass is 9.94. The molecule has 1 aromatic carbocycles. The minimum atomic E-state index is -0.568. The third kappa shape index (κ3) is 4.15. The van der Waals surface area contributed by atoms with Gasteiger partial charge in [0.05, 0.1) is 16.6 Å². The van der Waals surface area contributed by atoms with Crippen LogP contribution in [0, 0.1) is 5.82 Å². The predicted octanol–water partition coefficient (Wildman–Crippen LogP) is 4.00. The van der Waals surface area contributed by atoms with Gasteiger partial charge in [0.25, 0.3) is 0 Å². The Bertz CT molecular complexity index is 1300. The first kappa shape index (κ1) is 21.0. The first-order valence-corrected chi connectivity index (χ1v) is 10.6. The monoisotopic (exact) mass is 450 g/mol. The van der Waals surface area contributed by atoms with Gasteiger partial charge in [0.2, 0.25) is 11.7 Å². The van der Waals surface area contributed by atoms with Gasteiger partial charge in [-0.05, 0) is 45.0 Å². The molecular weight excluding hydrogens is 427 g/mol. The van der Waals surface area contributed by atoms with Crippen LogP contribution in [-0.2, 0) is 11.3 Å². The van der Waals surface area contributed by atoms with Crippen molar-refractivity contribution in [3.05, 3.63) is 60.1 Å². The zero-order valence-corrected chi connectivity index (χ0v) is 18.5. The molecule has 4 heterocycles. The molecule has 1 fully saturated rings. The van der Waals surface area contributed by atoms with Crippen molar-refractivity contribution in [3.63, 3.8) is 0 Å². The van der Waals surface area contributed by atoms with E-state index in [0.717, 1.165) is 5.56 Å². The van der Waals surface area contributed by atoms with E-state index in [1.165, 1.54) is 6.07 Å². The molecule has 0 unspecified atom stereocenters. The van der Waals surface area contributed by atoms with Crippen LogP contribution >= 0.6 is 0 Å². The topological polar surface area (TPSA) is 99.2 Å². The second-order valence-electron chi connectivity index (χ2n) is 9.01. The lowest BCUT2D eigenvalue weighted by molar-refractivity contribution is 0.00792. The Morgan fingerprint density at radius 1 is 1.21 bits per heavy atom. The van der Waals surface area contributed by atoms with E-state index < -0.39 is 5.60 Å². The smallest absolute Gasteiger partial charge is 0.410 e. The van der Waals surface area contributed by atoms with E-state index in [9.17, 15) is 9.18 Å². The minimum absolute atomic E-state index is 0.0896. The third-order valence-electron chi connectivity index (χ3n) is 5.37. The van der Waals surface area contributed by atoms with Crippen LogP contribution in [-0.4, -0.2) is 54.6 Å². The van der Waals surface area contributed by atoms with Gasteiger partial charge < -0.3 is 14.2 Å². The van der Waals surface area contributed by atoms with Crippen LogP contribution in [0.2, 0.25) is 0 Å². The van der Waals surface area contributed by atoms with Crippen LogP contribution in [0.4, 0.5) is 9.18 Å². The van der Waals surface area contributed by atoms with Crippen LogP contribution < -0.4 is 0 Å². The van der Waals surface area contributed by atoms with Gasteiger partial charge in [0.1, 0.15) is 18.0 Å².